The van der Waals surface area contributed by atoms with Crippen LogP contribution < -0.4 is 10.6 Å². The third-order valence-corrected chi connectivity index (χ3v) is 7.59. The highest BCUT2D eigenvalue weighted by Crippen LogP contribution is 2.33. The van der Waals surface area contributed by atoms with Crippen LogP contribution >= 0.6 is 0 Å². The molecule has 44 heavy (non-hydrogen) atoms. The van der Waals surface area contributed by atoms with Gasteiger partial charge < -0.3 is 41.3 Å². The fourth-order valence-electron chi connectivity index (χ4n) is 5.66. The van der Waals surface area contributed by atoms with Gasteiger partial charge >= 0.3 is 11.9 Å². The number of hydrogen-bond donors (Lipinski definition) is 8. The number of aromatic hydroxyl groups is 4. The molecular formula is C32H44N2O10. The highest BCUT2D eigenvalue weighted by atomic mass is 16.4. The van der Waals surface area contributed by atoms with Gasteiger partial charge in [-0.1, -0.05) is 46.8 Å². The second kappa shape index (κ2) is 15.3. The summed E-state index contributed by atoms with van der Waals surface area (Å²) in [6, 6.07) is 6.67. The molecule has 2 aromatic carbocycles. The molecule has 0 saturated heterocycles. The minimum Gasteiger partial charge on any atom is -0.508 e. The maximum absolute atomic E-state index is 13.1. The van der Waals surface area contributed by atoms with Crippen LogP contribution in [0.15, 0.2) is 36.4 Å². The van der Waals surface area contributed by atoms with Crippen molar-refractivity contribution < 1.29 is 49.8 Å². The highest BCUT2D eigenvalue weighted by Gasteiger charge is 2.42. The van der Waals surface area contributed by atoms with E-state index < -0.39 is 53.1 Å². The van der Waals surface area contributed by atoms with Crippen LogP contribution in [-0.2, 0) is 19.2 Å². The number of aliphatic carboxylic acids is 2. The van der Waals surface area contributed by atoms with Gasteiger partial charge in [0.05, 0.1) is 0 Å². The first-order valence-corrected chi connectivity index (χ1v) is 14.5. The number of benzene rings is 2. The molecule has 12 heteroatoms. The van der Waals surface area contributed by atoms with Gasteiger partial charge in [0, 0.05) is 25.0 Å². The highest BCUT2D eigenvalue weighted by molar-refractivity contribution is 5.87. The first-order chi connectivity index (χ1) is 20.4. The van der Waals surface area contributed by atoms with Gasteiger partial charge in [-0.05, 0) is 66.2 Å². The molecule has 0 spiro atoms. The molecule has 0 saturated carbocycles. The molecule has 0 aliphatic heterocycles. The molecule has 0 aliphatic carbocycles. The SMILES string of the molecule is CC(C)C[C@](CC(C)CC(NC(=O)CC(C)c1ccc(O)cc1O)C(=O)O)(NC(=O)CC(C)c1ccc(O)cc1O)C(=O)O. The molecule has 12 nitrogen and oxygen atoms in total. The van der Waals surface area contributed by atoms with Gasteiger partial charge in [0.15, 0.2) is 0 Å². The molecular weight excluding hydrogens is 572 g/mol. The van der Waals surface area contributed by atoms with E-state index >= 15 is 0 Å². The predicted octanol–water partition coefficient (Wildman–Crippen LogP) is 4.17. The zero-order valence-corrected chi connectivity index (χ0v) is 25.7. The topological polar surface area (TPSA) is 214 Å². The van der Waals surface area contributed by atoms with E-state index in [9.17, 15) is 49.8 Å². The number of nitrogens with one attached hydrogen (secondary N) is 2. The lowest BCUT2D eigenvalue weighted by atomic mass is 9.79. The van der Waals surface area contributed by atoms with Crippen LogP contribution in [0.1, 0.15) is 89.7 Å². The summed E-state index contributed by atoms with van der Waals surface area (Å²) in [5.41, 5.74) is -0.908. The molecule has 2 aromatic rings. The Morgan fingerprint density at radius 1 is 0.727 bits per heavy atom. The van der Waals surface area contributed by atoms with E-state index in [0.717, 1.165) is 12.1 Å². The number of carbonyl (C=O) groups excluding carboxylic acids is 2. The van der Waals surface area contributed by atoms with Crippen molar-refractivity contribution in [2.24, 2.45) is 11.8 Å². The second-order valence-electron chi connectivity index (χ2n) is 12.2. The summed E-state index contributed by atoms with van der Waals surface area (Å²) < 4.78 is 0. The molecule has 5 atom stereocenters. The Labute approximate surface area is 256 Å². The first kappa shape index (κ1) is 35.7. The zero-order valence-electron chi connectivity index (χ0n) is 25.7. The molecule has 0 aliphatic rings. The number of carboxylic acid groups (broad SMARTS) is 2. The molecule has 2 rings (SSSR count). The van der Waals surface area contributed by atoms with Gasteiger partial charge in [-0.3, -0.25) is 9.59 Å². The van der Waals surface area contributed by atoms with E-state index in [1.165, 1.54) is 24.3 Å². The Bertz CT molecular complexity index is 1340. The molecule has 8 N–H and O–H groups in total. The summed E-state index contributed by atoms with van der Waals surface area (Å²) in [4.78, 5) is 50.6. The number of amides is 2. The van der Waals surface area contributed by atoms with Crippen LogP contribution in [0, 0.1) is 11.8 Å². The summed E-state index contributed by atoms with van der Waals surface area (Å²) >= 11 is 0. The van der Waals surface area contributed by atoms with Crippen molar-refractivity contribution >= 4 is 23.8 Å². The lowest BCUT2D eigenvalue weighted by molar-refractivity contribution is -0.149. The Morgan fingerprint density at radius 3 is 1.61 bits per heavy atom. The molecule has 0 radical (unpaired) electrons. The molecule has 0 aromatic heterocycles. The Kier molecular flexibility index (Phi) is 12.4. The van der Waals surface area contributed by atoms with Crippen LogP contribution in [0.3, 0.4) is 0 Å². The normalized spacial score (nSPS) is 15.4. The Balaban J connectivity index is 2.15. The largest absolute Gasteiger partial charge is 0.508 e. The van der Waals surface area contributed by atoms with Crippen molar-refractivity contribution in [1.29, 1.82) is 0 Å². The maximum atomic E-state index is 13.1. The summed E-state index contributed by atoms with van der Waals surface area (Å²) in [6.45, 7) is 8.62. The lowest BCUT2D eigenvalue weighted by Crippen LogP contribution is -2.56. The van der Waals surface area contributed by atoms with E-state index in [1.807, 2.05) is 0 Å². The second-order valence-corrected chi connectivity index (χ2v) is 12.2. The molecule has 0 bridgehead atoms. The smallest absolute Gasteiger partial charge is 0.329 e. The monoisotopic (exact) mass is 616 g/mol. The van der Waals surface area contributed by atoms with Crippen LogP contribution in [-0.4, -0.2) is 66.0 Å². The standard InChI is InChI=1S/C32H44N2O10/c1-17(2)15-32(31(43)44,34-29(40)12-20(5)24-9-7-22(36)14-27(24)38)16-18(3)10-25(30(41)42)33-28(39)11-19(4)23-8-6-21(35)13-26(23)37/h6-9,13-14,17-20,25,35-38H,10-12,15-16H2,1-5H3,(H,33,39)(H,34,40)(H,41,42)(H,43,44)/t18?,19?,20?,25?,32-/m1/s1. The first-order valence-electron chi connectivity index (χ1n) is 14.5. The quantitative estimate of drug-likeness (QED) is 0.135. The van der Waals surface area contributed by atoms with Crippen molar-refractivity contribution in [2.45, 2.75) is 90.1 Å². The van der Waals surface area contributed by atoms with Crippen LogP contribution in [0.25, 0.3) is 0 Å². The molecule has 4 unspecified atom stereocenters. The van der Waals surface area contributed by atoms with Gasteiger partial charge in [0.2, 0.25) is 11.8 Å². The lowest BCUT2D eigenvalue weighted by Gasteiger charge is -2.35. The molecule has 0 fully saturated rings. The summed E-state index contributed by atoms with van der Waals surface area (Å²) in [7, 11) is 0. The summed E-state index contributed by atoms with van der Waals surface area (Å²) in [6.07, 6.45) is -0.450. The number of phenols is 4. The van der Waals surface area contributed by atoms with Gasteiger partial charge in [-0.15, -0.1) is 0 Å². The number of carbonyl (C=O) groups is 4. The van der Waals surface area contributed by atoms with Crippen molar-refractivity contribution in [1.82, 2.24) is 10.6 Å². The van der Waals surface area contributed by atoms with E-state index in [4.69, 9.17) is 0 Å². The zero-order chi connectivity index (χ0) is 33.4. The maximum Gasteiger partial charge on any atom is 0.329 e. The van der Waals surface area contributed by atoms with Gasteiger partial charge in [0.1, 0.15) is 34.6 Å². The van der Waals surface area contributed by atoms with Gasteiger partial charge in [-0.2, -0.15) is 0 Å². The minimum atomic E-state index is -1.72. The van der Waals surface area contributed by atoms with Crippen molar-refractivity contribution in [3.8, 4) is 23.0 Å². The number of phenolic OH excluding ortho intramolecular Hbond substituents is 4. The van der Waals surface area contributed by atoms with E-state index in [-0.39, 0.29) is 61.0 Å². The molecule has 242 valence electrons. The Morgan fingerprint density at radius 2 is 1.20 bits per heavy atom. The van der Waals surface area contributed by atoms with Crippen LogP contribution in [0.5, 0.6) is 23.0 Å². The minimum absolute atomic E-state index is 0.0645. The fourth-order valence-corrected chi connectivity index (χ4v) is 5.66. The Hall–Kier alpha value is -4.48. The van der Waals surface area contributed by atoms with Crippen LogP contribution in [0.4, 0.5) is 0 Å². The molecule has 0 heterocycles. The number of rotatable bonds is 16. The average Bonchev–Trinajstić information content (AvgIpc) is 2.87. The van der Waals surface area contributed by atoms with Crippen LogP contribution in [0.2, 0.25) is 0 Å². The van der Waals surface area contributed by atoms with Gasteiger partial charge in [0.25, 0.3) is 0 Å². The van der Waals surface area contributed by atoms with E-state index in [0.29, 0.717) is 11.1 Å². The fraction of sp³-hybridized carbons (Fsp3) is 0.500. The third kappa shape index (κ3) is 10.1. The van der Waals surface area contributed by atoms with E-state index in [2.05, 4.69) is 10.6 Å². The summed E-state index contributed by atoms with van der Waals surface area (Å²) in [5, 5.41) is 64.6. The molecule has 2 amide bonds. The number of hydrogen-bond acceptors (Lipinski definition) is 8. The third-order valence-electron chi connectivity index (χ3n) is 7.59. The van der Waals surface area contributed by atoms with Crippen molar-refractivity contribution in [3.63, 3.8) is 0 Å². The van der Waals surface area contributed by atoms with E-state index in [1.54, 1.807) is 34.6 Å². The van der Waals surface area contributed by atoms with Crippen molar-refractivity contribution in [2.75, 3.05) is 0 Å². The average molecular weight is 617 g/mol. The summed E-state index contributed by atoms with van der Waals surface area (Å²) in [5.74, 6) is -6.11. The predicted molar refractivity (Wildman–Crippen MR) is 162 cm³/mol. The van der Waals surface area contributed by atoms with Crippen molar-refractivity contribution in [3.05, 3.63) is 47.5 Å². The van der Waals surface area contributed by atoms with Gasteiger partial charge in [-0.25, -0.2) is 9.59 Å². The number of carboxylic acids is 2.